The molecule has 2 N–H and O–H groups in total. The molecule has 0 aliphatic heterocycles. The SMILES string of the molecule is NCC(=O)c1c(Cl)cncc1Cl. The van der Waals surface area contributed by atoms with Crippen molar-refractivity contribution in [3.63, 3.8) is 0 Å². The molecule has 0 amide bonds. The molecule has 0 atom stereocenters. The highest BCUT2D eigenvalue weighted by atomic mass is 35.5. The van der Waals surface area contributed by atoms with Crippen LogP contribution in [0.2, 0.25) is 10.0 Å². The van der Waals surface area contributed by atoms with Gasteiger partial charge in [-0.15, -0.1) is 0 Å². The Morgan fingerprint density at radius 2 is 1.92 bits per heavy atom. The molecule has 1 rings (SSSR count). The summed E-state index contributed by atoms with van der Waals surface area (Å²) in [6, 6.07) is 0. The number of nitrogens with two attached hydrogens (primary N) is 1. The number of ketones is 1. The van der Waals surface area contributed by atoms with E-state index in [1.54, 1.807) is 0 Å². The van der Waals surface area contributed by atoms with Gasteiger partial charge in [0.05, 0.1) is 22.2 Å². The number of Topliss-reactive ketones (excluding diaryl/α,β-unsaturated/α-hetero) is 1. The summed E-state index contributed by atoms with van der Waals surface area (Å²) in [5.41, 5.74) is 5.40. The molecule has 1 aromatic rings. The summed E-state index contributed by atoms with van der Waals surface area (Å²) in [7, 11) is 0. The number of hydrogen-bond donors (Lipinski definition) is 1. The monoisotopic (exact) mass is 204 g/mol. The summed E-state index contributed by atoms with van der Waals surface area (Å²) in [6.07, 6.45) is 2.71. The molecule has 0 saturated carbocycles. The minimum Gasteiger partial charge on any atom is -0.324 e. The van der Waals surface area contributed by atoms with Crippen LogP contribution in [0.1, 0.15) is 10.4 Å². The lowest BCUT2D eigenvalue weighted by molar-refractivity contribution is 0.100. The van der Waals surface area contributed by atoms with E-state index in [-0.39, 0.29) is 27.9 Å². The second-order valence-electron chi connectivity index (χ2n) is 2.11. The van der Waals surface area contributed by atoms with Crippen molar-refractivity contribution >= 4 is 29.0 Å². The van der Waals surface area contributed by atoms with E-state index in [0.717, 1.165) is 0 Å². The fraction of sp³-hybridized carbons (Fsp3) is 0.143. The molecule has 5 heteroatoms. The van der Waals surface area contributed by atoms with E-state index in [1.807, 2.05) is 0 Å². The van der Waals surface area contributed by atoms with Gasteiger partial charge in [-0.2, -0.15) is 0 Å². The van der Waals surface area contributed by atoms with Gasteiger partial charge in [-0.05, 0) is 0 Å². The van der Waals surface area contributed by atoms with Crippen LogP contribution >= 0.6 is 23.2 Å². The molecule has 0 aromatic carbocycles. The van der Waals surface area contributed by atoms with Gasteiger partial charge < -0.3 is 5.73 Å². The highest BCUT2D eigenvalue weighted by Crippen LogP contribution is 2.22. The number of carbonyl (C=O) groups excluding carboxylic acids is 1. The van der Waals surface area contributed by atoms with Gasteiger partial charge >= 0.3 is 0 Å². The highest BCUT2D eigenvalue weighted by Gasteiger charge is 2.12. The van der Waals surface area contributed by atoms with E-state index < -0.39 is 0 Å². The smallest absolute Gasteiger partial charge is 0.179 e. The minimum absolute atomic E-state index is 0.108. The Hall–Kier alpha value is -0.640. The molecule has 0 spiro atoms. The van der Waals surface area contributed by atoms with Crippen LogP contribution in [0.4, 0.5) is 0 Å². The van der Waals surface area contributed by atoms with Gasteiger partial charge in [0, 0.05) is 12.4 Å². The van der Waals surface area contributed by atoms with E-state index >= 15 is 0 Å². The van der Waals surface area contributed by atoms with Crippen molar-refractivity contribution in [2.75, 3.05) is 6.54 Å². The predicted octanol–water partition coefficient (Wildman–Crippen LogP) is 1.53. The number of carbonyl (C=O) groups is 1. The van der Waals surface area contributed by atoms with E-state index in [9.17, 15) is 4.79 Å². The average Bonchev–Trinajstić information content (AvgIpc) is 2.03. The topological polar surface area (TPSA) is 56.0 Å². The standard InChI is InChI=1S/C7H6Cl2N2O/c8-4-2-11-3-5(9)7(4)6(12)1-10/h2-3H,1,10H2. The first-order valence-electron chi connectivity index (χ1n) is 3.19. The lowest BCUT2D eigenvalue weighted by Crippen LogP contribution is -2.14. The molecule has 0 aliphatic rings. The number of pyridine rings is 1. The molecule has 3 nitrogen and oxygen atoms in total. The van der Waals surface area contributed by atoms with E-state index in [4.69, 9.17) is 28.9 Å². The Morgan fingerprint density at radius 3 is 2.33 bits per heavy atom. The zero-order chi connectivity index (χ0) is 9.14. The largest absolute Gasteiger partial charge is 0.324 e. The number of hydrogen-bond acceptors (Lipinski definition) is 3. The average molecular weight is 205 g/mol. The summed E-state index contributed by atoms with van der Waals surface area (Å²) in [6.45, 7) is -0.108. The third-order valence-electron chi connectivity index (χ3n) is 1.32. The van der Waals surface area contributed by atoms with Gasteiger partial charge in [0.2, 0.25) is 0 Å². The number of aromatic nitrogens is 1. The summed E-state index contributed by atoms with van der Waals surface area (Å²) in [4.78, 5) is 14.8. The molecule has 0 fully saturated rings. The lowest BCUT2D eigenvalue weighted by atomic mass is 10.2. The molecule has 1 aromatic heterocycles. The molecule has 0 bridgehead atoms. The lowest BCUT2D eigenvalue weighted by Gasteiger charge is -2.01. The first kappa shape index (κ1) is 9.45. The quantitative estimate of drug-likeness (QED) is 0.744. The fourth-order valence-electron chi connectivity index (χ4n) is 0.780. The van der Waals surface area contributed by atoms with Crippen LogP contribution in [0, 0.1) is 0 Å². The minimum atomic E-state index is -0.285. The highest BCUT2D eigenvalue weighted by molar-refractivity contribution is 6.39. The zero-order valence-electron chi connectivity index (χ0n) is 6.05. The third-order valence-corrected chi connectivity index (χ3v) is 1.89. The summed E-state index contributed by atoms with van der Waals surface area (Å²) >= 11 is 11.4. The Bertz CT molecular complexity index is 294. The maximum Gasteiger partial charge on any atom is 0.179 e. The van der Waals surface area contributed by atoms with Crippen LogP contribution < -0.4 is 5.73 Å². The van der Waals surface area contributed by atoms with Crippen LogP contribution in [-0.2, 0) is 0 Å². The van der Waals surface area contributed by atoms with Crippen molar-refractivity contribution in [2.45, 2.75) is 0 Å². The number of halogens is 2. The van der Waals surface area contributed by atoms with Crippen LogP contribution in [0.25, 0.3) is 0 Å². The van der Waals surface area contributed by atoms with Crippen molar-refractivity contribution in [3.05, 3.63) is 28.0 Å². The zero-order valence-corrected chi connectivity index (χ0v) is 7.56. The Labute approximate surface area is 79.5 Å². The van der Waals surface area contributed by atoms with Crippen molar-refractivity contribution < 1.29 is 4.79 Å². The maximum atomic E-state index is 11.1. The second-order valence-corrected chi connectivity index (χ2v) is 2.92. The number of rotatable bonds is 2. The second kappa shape index (κ2) is 3.85. The van der Waals surface area contributed by atoms with Gasteiger partial charge in [0.1, 0.15) is 0 Å². The summed E-state index contributed by atoms with van der Waals surface area (Å²) in [5, 5.41) is 0.468. The van der Waals surface area contributed by atoms with Crippen molar-refractivity contribution in [3.8, 4) is 0 Å². The van der Waals surface area contributed by atoms with Crippen molar-refractivity contribution in [1.82, 2.24) is 4.98 Å². The van der Waals surface area contributed by atoms with Gasteiger partial charge in [-0.3, -0.25) is 9.78 Å². The fourth-order valence-corrected chi connectivity index (χ4v) is 1.36. The van der Waals surface area contributed by atoms with Gasteiger partial charge in [-0.1, -0.05) is 23.2 Å². The Kier molecular flexibility index (Phi) is 3.03. The molecule has 0 saturated heterocycles. The molecular weight excluding hydrogens is 199 g/mol. The van der Waals surface area contributed by atoms with Gasteiger partial charge in [0.25, 0.3) is 0 Å². The van der Waals surface area contributed by atoms with Gasteiger partial charge in [-0.25, -0.2) is 0 Å². The molecule has 1 heterocycles. The molecule has 64 valence electrons. The van der Waals surface area contributed by atoms with Crippen LogP contribution in [0.3, 0.4) is 0 Å². The third kappa shape index (κ3) is 1.75. The molecular formula is C7H6Cl2N2O. The maximum absolute atomic E-state index is 11.1. The Balaban J connectivity index is 3.21. The van der Waals surface area contributed by atoms with Crippen molar-refractivity contribution in [2.24, 2.45) is 5.73 Å². The first-order chi connectivity index (χ1) is 5.66. The summed E-state index contributed by atoms with van der Waals surface area (Å²) < 4.78 is 0. The molecule has 0 aliphatic carbocycles. The van der Waals surface area contributed by atoms with Gasteiger partial charge in [0.15, 0.2) is 5.78 Å². The molecule has 0 unspecified atom stereocenters. The van der Waals surface area contributed by atoms with E-state index in [2.05, 4.69) is 4.98 Å². The first-order valence-corrected chi connectivity index (χ1v) is 3.94. The van der Waals surface area contributed by atoms with Crippen LogP contribution in [-0.4, -0.2) is 17.3 Å². The summed E-state index contributed by atoms with van der Waals surface area (Å²) in [5.74, 6) is -0.285. The van der Waals surface area contributed by atoms with Crippen molar-refractivity contribution in [1.29, 1.82) is 0 Å². The Morgan fingerprint density at radius 1 is 1.42 bits per heavy atom. The molecule has 0 radical (unpaired) electrons. The predicted molar refractivity (Wildman–Crippen MR) is 47.6 cm³/mol. The van der Waals surface area contributed by atoms with E-state index in [1.165, 1.54) is 12.4 Å². The number of nitrogens with zero attached hydrogens (tertiary/aromatic N) is 1. The van der Waals surface area contributed by atoms with E-state index in [0.29, 0.717) is 0 Å². The normalized spacial score (nSPS) is 9.92. The molecule has 12 heavy (non-hydrogen) atoms. The van der Waals surface area contributed by atoms with Crippen LogP contribution in [0.5, 0.6) is 0 Å². The van der Waals surface area contributed by atoms with Crippen LogP contribution in [0.15, 0.2) is 12.4 Å².